The number of aliphatic imine (C=N–C) groups is 1. The summed E-state index contributed by atoms with van der Waals surface area (Å²) in [6.45, 7) is 16.0. The van der Waals surface area contributed by atoms with Crippen molar-refractivity contribution in [1.29, 1.82) is 0 Å². The first-order valence-corrected chi connectivity index (χ1v) is 9.51. The van der Waals surface area contributed by atoms with Crippen LogP contribution in [-0.4, -0.2) is 75.0 Å². The molecule has 0 bridgehead atoms. The molecule has 2 fully saturated rings. The van der Waals surface area contributed by atoms with E-state index in [-0.39, 0.29) is 35.7 Å². The molecule has 2 saturated heterocycles. The zero-order chi connectivity index (χ0) is 17.4. The van der Waals surface area contributed by atoms with E-state index in [1.54, 1.807) is 0 Å². The van der Waals surface area contributed by atoms with Crippen LogP contribution in [0.4, 0.5) is 0 Å². The van der Waals surface area contributed by atoms with Gasteiger partial charge in [0.25, 0.3) is 0 Å². The average Bonchev–Trinajstić information content (AvgIpc) is 2.97. The molecule has 0 aliphatic carbocycles. The summed E-state index contributed by atoms with van der Waals surface area (Å²) < 4.78 is 11.7. The molecule has 0 spiro atoms. The van der Waals surface area contributed by atoms with E-state index in [2.05, 4.69) is 43.2 Å². The first kappa shape index (κ1) is 22.9. The molecule has 2 atom stereocenters. The Morgan fingerprint density at radius 3 is 2.76 bits per heavy atom. The summed E-state index contributed by atoms with van der Waals surface area (Å²) >= 11 is 0. The Kier molecular flexibility index (Phi) is 10.6. The van der Waals surface area contributed by atoms with Crippen molar-refractivity contribution in [2.75, 3.05) is 52.5 Å². The van der Waals surface area contributed by atoms with Gasteiger partial charge in [0.15, 0.2) is 5.96 Å². The van der Waals surface area contributed by atoms with Gasteiger partial charge >= 0.3 is 0 Å². The van der Waals surface area contributed by atoms with E-state index in [1.165, 1.54) is 0 Å². The SMILES string of the molecule is CCNC(=NCC1(C)CCCO1)NCC1CN(CC(C)C)CCO1.I. The predicted octanol–water partition coefficient (Wildman–Crippen LogP) is 2.09. The molecule has 2 aliphatic heterocycles. The van der Waals surface area contributed by atoms with Crippen molar-refractivity contribution in [2.45, 2.75) is 52.2 Å². The average molecular weight is 468 g/mol. The first-order chi connectivity index (χ1) is 11.5. The third-order valence-corrected chi connectivity index (χ3v) is 4.56. The molecule has 25 heavy (non-hydrogen) atoms. The minimum Gasteiger partial charge on any atom is -0.374 e. The fourth-order valence-electron chi connectivity index (χ4n) is 3.35. The van der Waals surface area contributed by atoms with Gasteiger partial charge in [0.2, 0.25) is 0 Å². The van der Waals surface area contributed by atoms with Crippen LogP contribution in [0, 0.1) is 5.92 Å². The number of rotatable bonds is 7. The number of morpholine rings is 1. The van der Waals surface area contributed by atoms with Crippen molar-refractivity contribution in [3.05, 3.63) is 0 Å². The van der Waals surface area contributed by atoms with E-state index >= 15 is 0 Å². The van der Waals surface area contributed by atoms with Crippen molar-refractivity contribution in [2.24, 2.45) is 10.9 Å². The summed E-state index contributed by atoms with van der Waals surface area (Å²) in [4.78, 5) is 7.22. The smallest absolute Gasteiger partial charge is 0.191 e. The van der Waals surface area contributed by atoms with Crippen LogP contribution in [0.5, 0.6) is 0 Å². The zero-order valence-corrected chi connectivity index (χ0v) is 18.7. The van der Waals surface area contributed by atoms with Crippen molar-refractivity contribution in [1.82, 2.24) is 15.5 Å². The largest absolute Gasteiger partial charge is 0.374 e. The molecule has 0 aromatic heterocycles. The number of ether oxygens (including phenoxy) is 2. The number of guanidine groups is 1. The Balaban J connectivity index is 0.00000312. The van der Waals surface area contributed by atoms with Gasteiger partial charge in [-0.25, -0.2) is 0 Å². The molecule has 2 unspecified atom stereocenters. The molecule has 7 heteroatoms. The van der Waals surface area contributed by atoms with Crippen molar-refractivity contribution in [3.8, 4) is 0 Å². The quantitative estimate of drug-likeness (QED) is 0.341. The molecule has 2 heterocycles. The summed E-state index contributed by atoms with van der Waals surface area (Å²) in [6.07, 6.45) is 2.45. The molecule has 0 aromatic carbocycles. The fourth-order valence-corrected chi connectivity index (χ4v) is 3.35. The van der Waals surface area contributed by atoms with Crippen LogP contribution in [0.2, 0.25) is 0 Å². The topological polar surface area (TPSA) is 58.1 Å². The highest BCUT2D eigenvalue weighted by atomic mass is 127. The fraction of sp³-hybridized carbons (Fsp3) is 0.944. The Hall–Kier alpha value is -0.120. The molecule has 2 aliphatic rings. The van der Waals surface area contributed by atoms with E-state index in [0.717, 1.165) is 64.7 Å². The first-order valence-electron chi connectivity index (χ1n) is 9.51. The van der Waals surface area contributed by atoms with Gasteiger partial charge in [-0.1, -0.05) is 13.8 Å². The van der Waals surface area contributed by atoms with E-state index in [4.69, 9.17) is 14.5 Å². The second kappa shape index (κ2) is 11.6. The van der Waals surface area contributed by atoms with Crippen LogP contribution in [0.3, 0.4) is 0 Å². The summed E-state index contributed by atoms with van der Waals surface area (Å²) in [5.41, 5.74) is -0.0995. The molecule has 6 nitrogen and oxygen atoms in total. The molecule has 0 amide bonds. The van der Waals surface area contributed by atoms with Gasteiger partial charge in [-0.3, -0.25) is 9.89 Å². The maximum atomic E-state index is 5.90. The molecule has 2 N–H and O–H groups in total. The van der Waals surface area contributed by atoms with Crippen LogP contribution >= 0.6 is 24.0 Å². The molecule has 0 saturated carbocycles. The minimum atomic E-state index is -0.0995. The third-order valence-electron chi connectivity index (χ3n) is 4.56. The van der Waals surface area contributed by atoms with Crippen LogP contribution in [0.15, 0.2) is 4.99 Å². The van der Waals surface area contributed by atoms with Gasteiger partial charge in [-0.15, -0.1) is 24.0 Å². The lowest BCUT2D eigenvalue weighted by Gasteiger charge is -2.34. The highest BCUT2D eigenvalue weighted by molar-refractivity contribution is 14.0. The van der Waals surface area contributed by atoms with Gasteiger partial charge in [-0.05, 0) is 32.6 Å². The number of hydrogen-bond acceptors (Lipinski definition) is 4. The van der Waals surface area contributed by atoms with Crippen molar-refractivity contribution < 1.29 is 9.47 Å². The van der Waals surface area contributed by atoms with Crippen LogP contribution in [0.25, 0.3) is 0 Å². The highest BCUT2D eigenvalue weighted by Gasteiger charge is 2.29. The van der Waals surface area contributed by atoms with Gasteiger partial charge in [-0.2, -0.15) is 0 Å². The molecular formula is C18H37IN4O2. The van der Waals surface area contributed by atoms with Crippen LogP contribution < -0.4 is 10.6 Å². The maximum absolute atomic E-state index is 5.90. The Morgan fingerprint density at radius 2 is 2.12 bits per heavy atom. The Labute approximate surface area is 170 Å². The summed E-state index contributed by atoms with van der Waals surface area (Å²) in [5.74, 6) is 1.56. The molecule has 2 rings (SSSR count). The van der Waals surface area contributed by atoms with E-state index in [1.807, 2.05) is 0 Å². The number of nitrogens with zero attached hydrogens (tertiary/aromatic N) is 2. The lowest BCUT2D eigenvalue weighted by atomic mass is 10.0. The zero-order valence-electron chi connectivity index (χ0n) is 16.3. The van der Waals surface area contributed by atoms with Crippen LogP contribution in [-0.2, 0) is 9.47 Å². The maximum Gasteiger partial charge on any atom is 0.191 e. The second-order valence-electron chi connectivity index (χ2n) is 7.62. The molecule has 148 valence electrons. The molecule has 0 aromatic rings. The monoisotopic (exact) mass is 468 g/mol. The van der Waals surface area contributed by atoms with E-state index < -0.39 is 0 Å². The summed E-state index contributed by atoms with van der Waals surface area (Å²) in [6, 6.07) is 0. The van der Waals surface area contributed by atoms with Gasteiger partial charge in [0.05, 0.1) is 24.9 Å². The standard InChI is InChI=1S/C18H36N4O2.HI/c1-5-19-17(21-14-18(4)7-6-9-24-18)20-11-16-13-22(8-10-23-16)12-15(2)3;/h15-16H,5-14H2,1-4H3,(H2,19,20,21);1H. The lowest BCUT2D eigenvalue weighted by molar-refractivity contribution is -0.0284. The van der Waals surface area contributed by atoms with Gasteiger partial charge < -0.3 is 20.1 Å². The third kappa shape index (κ3) is 8.41. The van der Waals surface area contributed by atoms with Gasteiger partial charge in [0, 0.05) is 39.3 Å². The lowest BCUT2D eigenvalue weighted by Crippen LogP contribution is -2.50. The van der Waals surface area contributed by atoms with E-state index in [0.29, 0.717) is 12.5 Å². The Bertz CT molecular complexity index is 401. The molecule has 0 radical (unpaired) electrons. The van der Waals surface area contributed by atoms with Crippen molar-refractivity contribution in [3.63, 3.8) is 0 Å². The van der Waals surface area contributed by atoms with Gasteiger partial charge in [0.1, 0.15) is 0 Å². The summed E-state index contributed by atoms with van der Waals surface area (Å²) in [5, 5.41) is 6.76. The number of halogens is 1. The highest BCUT2D eigenvalue weighted by Crippen LogP contribution is 2.24. The minimum absolute atomic E-state index is 0. The predicted molar refractivity (Wildman–Crippen MR) is 114 cm³/mol. The Morgan fingerprint density at radius 1 is 1.32 bits per heavy atom. The number of hydrogen-bond donors (Lipinski definition) is 2. The van der Waals surface area contributed by atoms with Crippen molar-refractivity contribution >= 4 is 29.9 Å². The summed E-state index contributed by atoms with van der Waals surface area (Å²) in [7, 11) is 0. The van der Waals surface area contributed by atoms with Crippen LogP contribution in [0.1, 0.15) is 40.5 Å². The van der Waals surface area contributed by atoms with E-state index in [9.17, 15) is 0 Å². The molecular weight excluding hydrogens is 431 g/mol. The normalized spacial score (nSPS) is 28.0. The second-order valence-corrected chi connectivity index (χ2v) is 7.62. The number of nitrogens with one attached hydrogen (secondary N) is 2.